The molecule has 0 radical (unpaired) electrons. The minimum atomic E-state index is -1.53. The molecule has 0 rings (SSSR count). The monoisotopic (exact) mass is 868 g/mol. The van der Waals surface area contributed by atoms with Crippen LogP contribution in [0.4, 0.5) is 0 Å². The van der Waals surface area contributed by atoms with Crippen LogP contribution in [0.1, 0.15) is 155 Å². The van der Waals surface area contributed by atoms with E-state index < -0.39 is 97.6 Å². The highest BCUT2D eigenvalue weighted by Crippen LogP contribution is 2.17. The molecule has 0 saturated carbocycles. The molecule has 350 valence electrons. The number of nitrogens with two attached hydrogens (primary N) is 4. The zero-order valence-electron chi connectivity index (χ0n) is 36.7. The first-order valence-corrected chi connectivity index (χ1v) is 22.1. The zero-order chi connectivity index (χ0) is 46.0. The van der Waals surface area contributed by atoms with Gasteiger partial charge in [0, 0.05) is 44.7 Å². The van der Waals surface area contributed by atoms with E-state index in [1.165, 1.54) is 64.7 Å². The molecular weight excluding hydrogens is 791 g/mol. The molecule has 0 fully saturated rings. The number of hydrogen-bond acceptors (Lipinski definition) is 11. The van der Waals surface area contributed by atoms with Crippen LogP contribution in [0.25, 0.3) is 0 Å². The van der Waals surface area contributed by atoms with E-state index in [0.717, 1.165) is 19.3 Å². The number of aliphatic carboxylic acids is 1. The van der Waals surface area contributed by atoms with Crippen molar-refractivity contribution >= 4 is 53.0 Å². The van der Waals surface area contributed by atoms with Gasteiger partial charge in [-0.15, -0.1) is 0 Å². The summed E-state index contributed by atoms with van der Waals surface area (Å²) in [5, 5.41) is 36.9. The van der Waals surface area contributed by atoms with Crippen molar-refractivity contribution in [1.29, 1.82) is 0 Å². The summed E-state index contributed by atoms with van der Waals surface area (Å²) in [5.74, 6) is -7.68. The Morgan fingerprint density at radius 3 is 1.46 bits per heavy atom. The molecule has 0 unspecified atom stereocenters. The maximum atomic E-state index is 13.5. The highest BCUT2D eigenvalue weighted by molar-refractivity contribution is 5.96. The molecule has 0 aromatic rings. The highest BCUT2D eigenvalue weighted by atomic mass is 16.4. The number of carbonyl (C=O) groups excluding carboxylic acids is 6. The Bertz CT molecular complexity index is 1390. The molecule has 0 aromatic heterocycles. The molecule has 0 aromatic carbocycles. The fraction of sp³-hybridized carbons (Fsp3) is 0.786. The van der Waals surface area contributed by atoms with Gasteiger partial charge >= 0.3 is 5.97 Å². The van der Waals surface area contributed by atoms with Crippen molar-refractivity contribution in [3.8, 4) is 0 Å². The fourth-order valence-electron chi connectivity index (χ4n) is 6.72. The number of amides is 3. The highest BCUT2D eigenvalue weighted by Gasteiger charge is 2.32. The Kier molecular flexibility index (Phi) is 32.3. The van der Waals surface area contributed by atoms with Gasteiger partial charge < -0.3 is 54.2 Å². The van der Waals surface area contributed by atoms with E-state index in [-0.39, 0.29) is 63.0 Å². The molecular formula is C42H77N9O10. The number of guanidine groups is 2. The number of carboxylic acids is 1. The smallest absolute Gasteiger partial charge is 0.303 e. The van der Waals surface area contributed by atoms with E-state index in [1.807, 2.05) is 0 Å². The third-order valence-electron chi connectivity index (χ3n) is 10.4. The molecule has 19 nitrogen and oxygen atoms in total. The number of hydrogen-bond donors (Lipinski definition) is 10. The zero-order valence-corrected chi connectivity index (χ0v) is 36.7. The van der Waals surface area contributed by atoms with Crippen LogP contribution < -0.4 is 38.9 Å². The van der Waals surface area contributed by atoms with Crippen LogP contribution in [-0.2, 0) is 33.6 Å². The van der Waals surface area contributed by atoms with Gasteiger partial charge in [-0.1, -0.05) is 84.0 Å². The number of unbranched alkanes of at least 4 members (excludes halogenated alkanes) is 12. The Morgan fingerprint density at radius 2 is 0.984 bits per heavy atom. The van der Waals surface area contributed by atoms with E-state index in [1.54, 1.807) is 0 Å². The molecule has 0 bridgehead atoms. The topological polar surface area (TPSA) is 345 Å². The number of ketones is 3. The standard InChI is InChI=1S/C42H77N9O10/c1-3-4-5-6-7-8-9-10-11-12-13-14-15-20-37(57)49-33(19-17-24-48-42(45)46)35(55)26-31(27-52)40(61)51-34(28-53)36(56)25-30(18-16-23-47-41(43)44)39(60)50-32(29(2)54)21-22-38(58)59/h30-34,52-53H,3-28H2,1-2H3,(H,49,57)(H,50,60)(H,51,61)(H,58,59)(H4,43,44,47)(H4,45,46,48)/t30-,31+,32+,33+,34+/m1/s1. The lowest BCUT2D eigenvalue weighted by Crippen LogP contribution is -2.49. The molecule has 3 amide bonds. The number of Topliss-reactive ketones (excluding diaryl/α,β-unsaturated/α-hetero) is 3. The Labute approximate surface area is 361 Å². The van der Waals surface area contributed by atoms with Gasteiger partial charge in [0.05, 0.1) is 31.2 Å². The number of carboxylic acid groups (broad SMARTS) is 1. The SMILES string of the molecule is CCCCCCCCCCCCCCCC(=O)N[C@@H](CCCN=C(N)N)C(=O)C[C@@H](CO)C(=O)N[C@@H](CO)C(=O)C[C@@H](CCCN=C(N)N)C(=O)N[C@@H](CCC(=O)O)C(C)=O. The molecule has 61 heavy (non-hydrogen) atoms. The van der Waals surface area contributed by atoms with Crippen LogP contribution in [0.2, 0.25) is 0 Å². The molecule has 19 heteroatoms. The predicted octanol–water partition coefficient (Wildman–Crippen LogP) is 1.62. The summed E-state index contributed by atoms with van der Waals surface area (Å²) in [6.07, 6.45) is 14.4. The van der Waals surface area contributed by atoms with E-state index in [0.29, 0.717) is 12.8 Å². The van der Waals surface area contributed by atoms with Crippen molar-refractivity contribution < 1.29 is 48.9 Å². The van der Waals surface area contributed by atoms with Crippen molar-refractivity contribution in [1.82, 2.24) is 16.0 Å². The number of rotatable bonds is 39. The van der Waals surface area contributed by atoms with Gasteiger partial charge in [0.25, 0.3) is 0 Å². The van der Waals surface area contributed by atoms with Gasteiger partial charge in [-0.2, -0.15) is 0 Å². The fourth-order valence-corrected chi connectivity index (χ4v) is 6.72. The van der Waals surface area contributed by atoms with Crippen molar-refractivity contribution in [2.24, 2.45) is 44.8 Å². The number of aliphatic hydroxyl groups is 2. The molecule has 14 N–H and O–H groups in total. The summed E-state index contributed by atoms with van der Waals surface area (Å²) in [6.45, 7) is 2.03. The molecule has 5 atom stereocenters. The van der Waals surface area contributed by atoms with Crippen molar-refractivity contribution in [3.63, 3.8) is 0 Å². The molecule has 0 aliphatic rings. The maximum Gasteiger partial charge on any atom is 0.303 e. The van der Waals surface area contributed by atoms with Gasteiger partial charge in [-0.05, 0) is 45.4 Å². The van der Waals surface area contributed by atoms with Gasteiger partial charge in [0.15, 0.2) is 29.3 Å². The second kappa shape index (κ2) is 35.0. The second-order valence-electron chi connectivity index (χ2n) is 15.8. The number of aliphatic imine (C=N–C) groups is 2. The van der Waals surface area contributed by atoms with Gasteiger partial charge in [0.2, 0.25) is 17.7 Å². The quantitative estimate of drug-likeness (QED) is 0.0239. The third-order valence-corrected chi connectivity index (χ3v) is 10.4. The van der Waals surface area contributed by atoms with Crippen molar-refractivity contribution in [3.05, 3.63) is 0 Å². The third kappa shape index (κ3) is 29.3. The lowest BCUT2D eigenvalue weighted by molar-refractivity contribution is -0.138. The summed E-state index contributed by atoms with van der Waals surface area (Å²) in [5.41, 5.74) is 21.6. The van der Waals surface area contributed by atoms with Crippen LogP contribution in [0.3, 0.4) is 0 Å². The number of nitrogens with one attached hydrogen (secondary N) is 3. The summed E-state index contributed by atoms with van der Waals surface area (Å²) in [4.78, 5) is 97.5. The summed E-state index contributed by atoms with van der Waals surface area (Å²) >= 11 is 0. The van der Waals surface area contributed by atoms with Crippen LogP contribution >= 0.6 is 0 Å². The van der Waals surface area contributed by atoms with Crippen LogP contribution in [0.15, 0.2) is 9.98 Å². The number of nitrogens with zero attached hydrogens (tertiary/aromatic N) is 2. The predicted molar refractivity (Wildman–Crippen MR) is 234 cm³/mol. The van der Waals surface area contributed by atoms with Crippen molar-refractivity contribution in [2.75, 3.05) is 26.3 Å². The minimum Gasteiger partial charge on any atom is -0.481 e. The largest absolute Gasteiger partial charge is 0.481 e. The summed E-state index contributed by atoms with van der Waals surface area (Å²) in [7, 11) is 0. The van der Waals surface area contributed by atoms with E-state index in [4.69, 9.17) is 28.0 Å². The van der Waals surface area contributed by atoms with E-state index in [9.17, 15) is 43.8 Å². The average Bonchev–Trinajstić information content (AvgIpc) is 3.20. The van der Waals surface area contributed by atoms with Crippen LogP contribution in [-0.4, -0.2) is 113 Å². The van der Waals surface area contributed by atoms with Gasteiger partial charge in [-0.3, -0.25) is 43.5 Å². The van der Waals surface area contributed by atoms with Crippen LogP contribution in [0, 0.1) is 11.8 Å². The number of carbonyl (C=O) groups is 7. The first-order valence-electron chi connectivity index (χ1n) is 22.1. The summed E-state index contributed by atoms with van der Waals surface area (Å²) < 4.78 is 0. The lowest BCUT2D eigenvalue weighted by atomic mass is 9.92. The second-order valence-corrected chi connectivity index (χ2v) is 15.8. The molecule has 0 saturated heterocycles. The first-order chi connectivity index (χ1) is 29.1. The lowest BCUT2D eigenvalue weighted by Gasteiger charge is -2.24. The van der Waals surface area contributed by atoms with Crippen molar-refractivity contribution in [2.45, 2.75) is 173 Å². The Hall–Kier alpha value is -4.65. The Morgan fingerprint density at radius 1 is 0.525 bits per heavy atom. The van der Waals surface area contributed by atoms with E-state index >= 15 is 0 Å². The van der Waals surface area contributed by atoms with Gasteiger partial charge in [-0.25, -0.2) is 0 Å². The molecule has 0 heterocycles. The Balaban J connectivity index is 5.49. The normalized spacial score (nSPS) is 13.4. The van der Waals surface area contributed by atoms with Crippen LogP contribution in [0.5, 0.6) is 0 Å². The molecule has 0 aliphatic heterocycles. The molecule has 0 spiro atoms. The number of aliphatic hydroxyl groups excluding tert-OH is 2. The van der Waals surface area contributed by atoms with E-state index in [2.05, 4.69) is 32.9 Å². The van der Waals surface area contributed by atoms with Gasteiger partial charge in [0.1, 0.15) is 6.04 Å². The first kappa shape index (κ1) is 56.4. The molecule has 0 aliphatic carbocycles. The minimum absolute atomic E-state index is 0.0490. The maximum absolute atomic E-state index is 13.5. The average molecular weight is 868 g/mol. The summed E-state index contributed by atoms with van der Waals surface area (Å²) in [6, 6.07) is -3.67.